The third-order valence-corrected chi connectivity index (χ3v) is 18.7. The minimum Gasteiger partial charge on any atom is -0.0846 e. The standard InChI is InChI=1S/C32H52Si/c1-21-19-27-25-13-9-7-11-23(25)15-17-31(27,3)29(21)33(5,6)30-22(2)20-28-26-14-10-8-12-24(26)16-18-32(28,30)4/h15-18,21-30H,7-14,19-20H2,1-6H3. The molecule has 6 rings (SSSR count). The Morgan fingerprint density at radius 1 is 0.636 bits per heavy atom. The summed E-state index contributed by atoms with van der Waals surface area (Å²) < 4.78 is 0. The van der Waals surface area contributed by atoms with E-state index in [1.54, 1.807) is 0 Å². The first-order valence-corrected chi connectivity index (χ1v) is 18.2. The van der Waals surface area contributed by atoms with Crippen molar-refractivity contribution in [2.24, 2.45) is 58.2 Å². The molecule has 4 fully saturated rings. The summed E-state index contributed by atoms with van der Waals surface area (Å²) in [6, 6.07) is 0. The van der Waals surface area contributed by atoms with Crippen molar-refractivity contribution >= 4 is 8.07 Å². The molecule has 0 amide bonds. The molecule has 0 saturated heterocycles. The van der Waals surface area contributed by atoms with Gasteiger partial charge in [0.25, 0.3) is 0 Å². The van der Waals surface area contributed by atoms with E-state index in [2.05, 4.69) is 65.1 Å². The van der Waals surface area contributed by atoms with Gasteiger partial charge in [0.15, 0.2) is 0 Å². The predicted molar refractivity (Wildman–Crippen MR) is 145 cm³/mol. The highest BCUT2D eigenvalue weighted by atomic mass is 28.3. The molecule has 0 radical (unpaired) electrons. The fourth-order valence-corrected chi connectivity index (χ4v) is 20.2. The molecule has 0 aromatic rings. The highest BCUT2D eigenvalue weighted by Crippen LogP contribution is 2.72. The van der Waals surface area contributed by atoms with Crippen LogP contribution in [0.3, 0.4) is 0 Å². The van der Waals surface area contributed by atoms with Gasteiger partial charge in [0.1, 0.15) is 0 Å². The van der Waals surface area contributed by atoms with Gasteiger partial charge in [-0.05, 0) is 108 Å². The number of rotatable bonds is 2. The Balaban J connectivity index is 1.37. The zero-order valence-corrected chi connectivity index (χ0v) is 23.7. The fraction of sp³-hybridized carbons (Fsp3) is 0.875. The molecule has 12 atom stereocenters. The lowest BCUT2D eigenvalue weighted by molar-refractivity contribution is 0.105. The maximum absolute atomic E-state index is 2.87. The number of hydrogen-bond donors (Lipinski definition) is 0. The smallest absolute Gasteiger partial charge is 0.0558 e. The topological polar surface area (TPSA) is 0 Å². The van der Waals surface area contributed by atoms with Crippen molar-refractivity contribution in [3.63, 3.8) is 0 Å². The van der Waals surface area contributed by atoms with Gasteiger partial charge in [0, 0.05) is 0 Å². The van der Waals surface area contributed by atoms with Crippen LogP contribution in [-0.4, -0.2) is 8.07 Å². The molecule has 4 saturated carbocycles. The summed E-state index contributed by atoms with van der Waals surface area (Å²) in [5.74, 6) is 7.55. The molecule has 184 valence electrons. The summed E-state index contributed by atoms with van der Waals surface area (Å²) in [7, 11) is -1.54. The molecule has 6 aliphatic carbocycles. The van der Waals surface area contributed by atoms with E-state index in [1.165, 1.54) is 64.2 Å². The second-order valence-electron chi connectivity index (χ2n) is 15.1. The number of allylic oxidation sites excluding steroid dienone is 4. The first-order valence-electron chi connectivity index (χ1n) is 15.1. The van der Waals surface area contributed by atoms with Crippen molar-refractivity contribution in [1.82, 2.24) is 0 Å². The number of fused-ring (bicyclic) bond motifs is 6. The summed E-state index contributed by atoms with van der Waals surface area (Å²) in [6.45, 7) is 16.6. The average molecular weight is 465 g/mol. The fourth-order valence-electron chi connectivity index (χ4n) is 12.8. The minimum atomic E-state index is -1.54. The van der Waals surface area contributed by atoms with Gasteiger partial charge >= 0.3 is 0 Å². The van der Waals surface area contributed by atoms with Crippen LogP contribution in [0, 0.1) is 58.2 Å². The van der Waals surface area contributed by atoms with Gasteiger partial charge in [0.2, 0.25) is 0 Å². The molecule has 12 unspecified atom stereocenters. The van der Waals surface area contributed by atoms with Gasteiger partial charge in [-0.1, -0.05) is 90.8 Å². The molecule has 0 N–H and O–H groups in total. The summed E-state index contributed by atoms with van der Waals surface area (Å²) in [4.78, 5) is 0. The van der Waals surface area contributed by atoms with Crippen molar-refractivity contribution in [2.75, 3.05) is 0 Å². The van der Waals surface area contributed by atoms with Crippen LogP contribution in [-0.2, 0) is 0 Å². The lowest BCUT2D eigenvalue weighted by Gasteiger charge is -2.56. The second kappa shape index (κ2) is 7.85. The van der Waals surface area contributed by atoms with Crippen molar-refractivity contribution in [3.8, 4) is 0 Å². The highest BCUT2D eigenvalue weighted by molar-refractivity contribution is 6.80. The van der Waals surface area contributed by atoms with Crippen LogP contribution in [0.15, 0.2) is 24.3 Å². The molecule has 0 aromatic heterocycles. The van der Waals surface area contributed by atoms with Crippen molar-refractivity contribution in [1.29, 1.82) is 0 Å². The van der Waals surface area contributed by atoms with E-state index in [0.717, 1.165) is 58.4 Å². The quantitative estimate of drug-likeness (QED) is 0.282. The third-order valence-electron chi connectivity index (χ3n) is 13.1. The van der Waals surface area contributed by atoms with Gasteiger partial charge in [-0.15, -0.1) is 0 Å². The van der Waals surface area contributed by atoms with E-state index in [4.69, 9.17) is 0 Å². The van der Waals surface area contributed by atoms with Crippen LogP contribution in [0.25, 0.3) is 0 Å². The molecular weight excluding hydrogens is 412 g/mol. The Morgan fingerprint density at radius 3 is 1.45 bits per heavy atom. The van der Waals surface area contributed by atoms with Gasteiger partial charge in [-0.25, -0.2) is 0 Å². The van der Waals surface area contributed by atoms with Crippen LogP contribution in [0.1, 0.15) is 91.9 Å². The van der Waals surface area contributed by atoms with E-state index >= 15 is 0 Å². The predicted octanol–water partition coefficient (Wildman–Crippen LogP) is 9.51. The molecule has 0 spiro atoms. The SMILES string of the molecule is CC1CC2C3CCCCC3C=CC2(C)C1[Si](C)(C)C1C(C)CC2C3CCCCC3C=CC21C. The second-order valence-corrected chi connectivity index (χ2v) is 20.0. The molecule has 0 aromatic carbocycles. The maximum Gasteiger partial charge on any atom is 0.0558 e. The van der Waals surface area contributed by atoms with Crippen LogP contribution in [0.5, 0.6) is 0 Å². The summed E-state index contributed by atoms with van der Waals surface area (Å²) in [5.41, 5.74) is 2.84. The van der Waals surface area contributed by atoms with Gasteiger partial charge in [-0.3, -0.25) is 0 Å². The van der Waals surface area contributed by atoms with E-state index in [-0.39, 0.29) is 0 Å². The van der Waals surface area contributed by atoms with E-state index < -0.39 is 8.07 Å². The Morgan fingerprint density at radius 2 is 1.03 bits per heavy atom. The molecule has 33 heavy (non-hydrogen) atoms. The first-order chi connectivity index (χ1) is 15.7. The normalized spacial score (nSPS) is 55.6. The summed E-state index contributed by atoms with van der Waals surface area (Å²) >= 11 is 0. The molecule has 0 nitrogen and oxygen atoms in total. The van der Waals surface area contributed by atoms with E-state index in [9.17, 15) is 0 Å². The van der Waals surface area contributed by atoms with Crippen molar-refractivity contribution < 1.29 is 0 Å². The molecule has 0 aliphatic heterocycles. The van der Waals surface area contributed by atoms with E-state index in [1.807, 2.05) is 0 Å². The van der Waals surface area contributed by atoms with Gasteiger partial charge < -0.3 is 0 Å². The van der Waals surface area contributed by atoms with E-state index in [0.29, 0.717) is 10.8 Å². The number of hydrogen-bond acceptors (Lipinski definition) is 0. The first kappa shape index (κ1) is 23.1. The van der Waals surface area contributed by atoms with Gasteiger partial charge in [-0.2, -0.15) is 0 Å². The summed E-state index contributed by atoms with van der Waals surface area (Å²) in [6.07, 6.45) is 26.1. The zero-order chi connectivity index (χ0) is 23.2. The largest absolute Gasteiger partial charge is 0.0846 e. The highest BCUT2D eigenvalue weighted by Gasteiger charge is 2.66. The Bertz CT molecular complexity index is 756. The lowest BCUT2D eigenvalue weighted by atomic mass is 9.60. The van der Waals surface area contributed by atoms with Crippen molar-refractivity contribution in [3.05, 3.63) is 24.3 Å². The third kappa shape index (κ3) is 3.18. The van der Waals surface area contributed by atoms with Crippen molar-refractivity contribution in [2.45, 2.75) is 116 Å². The lowest BCUT2D eigenvalue weighted by Crippen LogP contribution is -2.53. The average Bonchev–Trinajstić information content (AvgIpc) is 3.23. The van der Waals surface area contributed by atoms with Crippen LogP contribution >= 0.6 is 0 Å². The maximum atomic E-state index is 2.87. The van der Waals surface area contributed by atoms with Gasteiger partial charge in [0.05, 0.1) is 8.07 Å². The van der Waals surface area contributed by atoms with Crippen LogP contribution in [0.4, 0.5) is 0 Å². The molecule has 6 aliphatic rings. The Kier molecular flexibility index (Phi) is 5.50. The molecule has 1 heteroatoms. The Hall–Kier alpha value is -0.303. The summed E-state index contributed by atoms with van der Waals surface area (Å²) in [5, 5.41) is 0. The molecule has 0 bridgehead atoms. The minimum absolute atomic E-state index is 0.466. The van der Waals surface area contributed by atoms with Crippen LogP contribution in [0.2, 0.25) is 24.2 Å². The Labute approximate surface area is 206 Å². The zero-order valence-electron chi connectivity index (χ0n) is 22.7. The monoisotopic (exact) mass is 464 g/mol. The molecule has 0 heterocycles. The molecular formula is C32H52Si. The van der Waals surface area contributed by atoms with Crippen LogP contribution < -0.4 is 0 Å².